The summed E-state index contributed by atoms with van der Waals surface area (Å²) in [4.78, 5) is 57.1. The van der Waals surface area contributed by atoms with Crippen molar-refractivity contribution in [1.29, 1.82) is 0 Å². The molecule has 26 heavy (non-hydrogen) atoms. The first-order chi connectivity index (χ1) is 12.0. The van der Waals surface area contributed by atoms with E-state index in [2.05, 4.69) is 5.32 Å². The van der Waals surface area contributed by atoms with Crippen LogP contribution in [0.25, 0.3) is 0 Å². The predicted molar refractivity (Wildman–Crippen MR) is 83.5 cm³/mol. The van der Waals surface area contributed by atoms with Crippen LogP contribution in [0.3, 0.4) is 0 Å². The van der Waals surface area contributed by atoms with E-state index in [1.165, 1.54) is 6.92 Å². The van der Waals surface area contributed by atoms with E-state index in [0.717, 1.165) is 0 Å². The van der Waals surface area contributed by atoms with Crippen molar-refractivity contribution < 1.29 is 44.4 Å². The molecule has 0 aliphatic heterocycles. The average molecular weight is 378 g/mol. The van der Waals surface area contributed by atoms with Crippen molar-refractivity contribution in [2.45, 2.75) is 37.5 Å². The van der Waals surface area contributed by atoms with Gasteiger partial charge in [-0.25, -0.2) is 4.79 Å². The molecule has 0 rings (SSSR count). The number of carbonyl (C=O) groups excluding carboxylic acids is 3. The van der Waals surface area contributed by atoms with Crippen LogP contribution >= 0.6 is 0 Å². The fraction of sp³-hybridized carbons (Fsp3) is 0.615. The highest BCUT2D eigenvalue weighted by molar-refractivity contribution is 5.95. The van der Waals surface area contributed by atoms with Crippen LogP contribution in [0.5, 0.6) is 0 Å². The number of carboxylic acids is 2. The summed E-state index contributed by atoms with van der Waals surface area (Å²) in [7, 11) is 0. The third-order valence-electron chi connectivity index (χ3n) is 3.09. The Hall–Kier alpha value is -2.77. The molecule has 0 aliphatic rings. The minimum atomic E-state index is -1.58. The molecule has 0 radical (unpaired) electrons. The van der Waals surface area contributed by atoms with E-state index in [1.54, 1.807) is 0 Å². The SMILES string of the molecule is CC(NC(=O)C(CC(=O)O)NC(=O)C(N)CO)C(=O)NC(CO)C(=O)O. The lowest BCUT2D eigenvalue weighted by Gasteiger charge is -2.22. The fourth-order valence-electron chi connectivity index (χ4n) is 1.61. The van der Waals surface area contributed by atoms with Gasteiger partial charge in [-0.1, -0.05) is 0 Å². The van der Waals surface area contributed by atoms with Crippen molar-refractivity contribution in [3.8, 4) is 0 Å². The number of rotatable bonds is 11. The number of amides is 3. The molecular weight excluding hydrogens is 356 g/mol. The number of hydrogen-bond donors (Lipinski definition) is 8. The summed E-state index contributed by atoms with van der Waals surface area (Å²) >= 11 is 0. The van der Waals surface area contributed by atoms with Crippen molar-refractivity contribution >= 4 is 29.7 Å². The van der Waals surface area contributed by atoms with Gasteiger partial charge in [0.05, 0.1) is 19.6 Å². The molecule has 0 aromatic rings. The van der Waals surface area contributed by atoms with E-state index >= 15 is 0 Å². The molecule has 0 aliphatic carbocycles. The van der Waals surface area contributed by atoms with Crippen LogP contribution in [-0.4, -0.2) is 87.5 Å². The fourth-order valence-corrected chi connectivity index (χ4v) is 1.61. The molecule has 0 saturated carbocycles. The van der Waals surface area contributed by atoms with Crippen LogP contribution in [0.2, 0.25) is 0 Å². The molecule has 3 amide bonds. The molecule has 0 aromatic carbocycles. The number of nitrogens with two attached hydrogens (primary N) is 1. The van der Waals surface area contributed by atoms with Crippen molar-refractivity contribution in [3.05, 3.63) is 0 Å². The lowest BCUT2D eigenvalue weighted by Crippen LogP contribution is -2.57. The standard InChI is InChI=1S/C13H22N4O9/c1-5(10(22)17-8(4-19)13(25)26)15-12(24)7(2-9(20)21)16-11(23)6(14)3-18/h5-8,18-19H,2-4,14H2,1H3,(H,15,24)(H,16,23)(H,17,22)(H,20,21)(H,25,26). The van der Waals surface area contributed by atoms with Gasteiger partial charge < -0.3 is 42.1 Å². The Morgan fingerprint density at radius 1 is 0.846 bits per heavy atom. The Bertz CT molecular complexity index is 554. The Morgan fingerprint density at radius 2 is 1.38 bits per heavy atom. The van der Waals surface area contributed by atoms with Gasteiger partial charge in [0.15, 0.2) is 0 Å². The zero-order chi connectivity index (χ0) is 20.4. The van der Waals surface area contributed by atoms with Crippen LogP contribution in [0.15, 0.2) is 0 Å². The first-order valence-electron chi connectivity index (χ1n) is 7.36. The van der Waals surface area contributed by atoms with Crippen molar-refractivity contribution in [2.24, 2.45) is 5.73 Å². The van der Waals surface area contributed by atoms with E-state index in [1.807, 2.05) is 10.6 Å². The Morgan fingerprint density at radius 3 is 1.81 bits per heavy atom. The highest BCUT2D eigenvalue weighted by atomic mass is 16.4. The predicted octanol–water partition coefficient (Wildman–Crippen LogP) is -4.67. The summed E-state index contributed by atoms with van der Waals surface area (Å²) < 4.78 is 0. The lowest BCUT2D eigenvalue weighted by atomic mass is 10.1. The van der Waals surface area contributed by atoms with E-state index in [4.69, 9.17) is 26.2 Å². The van der Waals surface area contributed by atoms with Gasteiger partial charge in [-0.2, -0.15) is 0 Å². The number of hydrogen-bond acceptors (Lipinski definition) is 8. The zero-order valence-electron chi connectivity index (χ0n) is 13.8. The Kier molecular flexibility index (Phi) is 9.80. The van der Waals surface area contributed by atoms with Gasteiger partial charge in [0.25, 0.3) is 0 Å². The monoisotopic (exact) mass is 378 g/mol. The van der Waals surface area contributed by atoms with Crippen LogP contribution in [-0.2, 0) is 24.0 Å². The topological polar surface area (TPSA) is 228 Å². The molecule has 148 valence electrons. The number of aliphatic carboxylic acids is 2. The lowest BCUT2D eigenvalue weighted by molar-refractivity contribution is -0.144. The molecular formula is C13H22N4O9. The van der Waals surface area contributed by atoms with E-state index in [-0.39, 0.29) is 0 Å². The molecule has 0 aromatic heterocycles. The molecule has 0 heterocycles. The van der Waals surface area contributed by atoms with Crippen LogP contribution in [0.1, 0.15) is 13.3 Å². The summed E-state index contributed by atoms with van der Waals surface area (Å²) in [6, 6.07) is -5.84. The molecule has 0 saturated heterocycles. The van der Waals surface area contributed by atoms with Gasteiger partial charge >= 0.3 is 11.9 Å². The molecule has 0 fully saturated rings. The van der Waals surface area contributed by atoms with Crippen LogP contribution in [0.4, 0.5) is 0 Å². The normalized spacial score (nSPS) is 15.1. The van der Waals surface area contributed by atoms with Gasteiger partial charge in [0.1, 0.15) is 24.2 Å². The smallest absolute Gasteiger partial charge is 0.328 e. The minimum Gasteiger partial charge on any atom is -0.481 e. The van der Waals surface area contributed by atoms with E-state index in [9.17, 15) is 24.0 Å². The first kappa shape index (κ1) is 23.2. The zero-order valence-corrected chi connectivity index (χ0v) is 13.8. The highest BCUT2D eigenvalue weighted by Crippen LogP contribution is 1.97. The molecule has 4 unspecified atom stereocenters. The van der Waals surface area contributed by atoms with Crippen LogP contribution < -0.4 is 21.7 Å². The molecule has 9 N–H and O–H groups in total. The molecule has 4 atom stereocenters. The number of aliphatic hydroxyl groups is 2. The third kappa shape index (κ3) is 7.87. The quantitative estimate of drug-likeness (QED) is 0.171. The summed E-state index contributed by atoms with van der Waals surface area (Å²) in [5.74, 6) is -5.88. The Labute approximate surface area is 147 Å². The van der Waals surface area contributed by atoms with Gasteiger partial charge in [0.2, 0.25) is 17.7 Å². The second-order valence-corrected chi connectivity index (χ2v) is 5.26. The maximum absolute atomic E-state index is 12.1. The average Bonchev–Trinajstić information content (AvgIpc) is 2.56. The summed E-state index contributed by atoms with van der Waals surface area (Å²) in [6.45, 7) is -0.426. The van der Waals surface area contributed by atoms with E-state index in [0.29, 0.717) is 0 Å². The van der Waals surface area contributed by atoms with E-state index < -0.39 is 73.5 Å². The summed E-state index contributed by atoms with van der Waals surface area (Å²) in [6.07, 6.45) is -0.821. The Balaban J connectivity index is 4.95. The second kappa shape index (κ2) is 11.0. The van der Waals surface area contributed by atoms with Crippen molar-refractivity contribution in [1.82, 2.24) is 16.0 Å². The van der Waals surface area contributed by atoms with Gasteiger partial charge in [-0.15, -0.1) is 0 Å². The maximum Gasteiger partial charge on any atom is 0.328 e. The highest BCUT2D eigenvalue weighted by Gasteiger charge is 2.29. The molecule has 0 bridgehead atoms. The van der Waals surface area contributed by atoms with Gasteiger partial charge in [0, 0.05) is 0 Å². The van der Waals surface area contributed by atoms with Crippen LogP contribution in [0, 0.1) is 0 Å². The molecule has 13 heteroatoms. The number of aliphatic hydroxyl groups excluding tert-OH is 2. The number of carbonyl (C=O) groups is 5. The summed E-state index contributed by atoms with van der Waals surface area (Å²) in [5, 5.41) is 41.3. The first-order valence-corrected chi connectivity index (χ1v) is 7.36. The largest absolute Gasteiger partial charge is 0.481 e. The second-order valence-electron chi connectivity index (χ2n) is 5.26. The molecule has 13 nitrogen and oxygen atoms in total. The number of nitrogens with one attached hydrogen (secondary N) is 3. The summed E-state index contributed by atoms with van der Waals surface area (Å²) in [5.41, 5.74) is 5.26. The van der Waals surface area contributed by atoms with Crippen molar-refractivity contribution in [2.75, 3.05) is 13.2 Å². The van der Waals surface area contributed by atoms with Gasteiger partial charge in [-0.3, -0.25) is 19.2 Å². The maximum atomic E-state index is 12.1. The van der Waals surface area contributed by atoms with Gasteiger partial charge in [-0.05, 0) is 6.92 Å². The number of carboxylic acid groups (broad SMARTS) is 2. The van der Waals surface area contributed by atoms with Crippen molar-refractivity contribution in [3.63, 3.8) is 0 Å². The molecule has 0 spiro atoms. The third-order valence-corrected chi connectivity index (χ3v) is 3.09. The minimum absolute atomic E-state index is 0.732.